The molecular weight excluding hydrogens is 285 g/mol. The Morgan fingerprint density at radius 3 is 2.45 bits per heavy atom. The van der Waals surface area contributed by atoms with Crippen molar-refractivity contribution in [1.82, 2.24) is 5.32 Å². The Bertz CT molecular complexity index is 473. The van der Waals surface area contributed by atoms with Gasteiger partial charge in [-0.3, -0.25) is 0 Å². The smallest absolute Gasteiger partial charge is 0.548 e. The molecule has 1 atom stereocenters. The fourth-order valence-corrected chi connectivity index (χ4v) is 1.55. The third kappa shape index (κ3) is 6.67. The summed E-state index contributed by atoms with van der Waals surface area (Å²) >= 11 is 0. The van der Waals surface area contributed by atoms with Crippen molar-refractivity contribution in [2.24, 2.45) is 0 Å². The van der Waals surface area contributed by atoms with Gasteiger partial charge in [0.15, 0.2) is 0 Å². The van der Waals surface area contributed by atoms with Crippen molar-refractivity contribution >= 4 is 11.9 Å². The number of hydrogen-bond acceptors (Lipinski definition) is 5. The van der Waals surface area contributed by atoms with Crippen LogP contribution in [0.1, 0.15) is 25.5 Å². The van der Waals surface area contributed by atoms with Crippen molar-refractivity contribution in [3.05, 3.63) is 47.7 Å². The van der Waals surface area contributed by atoms with E-state index in [1.165, 1.54) is 6.08 Å². The van der Waals surface area contributed by atoms with Gasteiger partial charge in [0.25, 0.3) is 0 Å². The summed E-state index contributed by atoms with van der Waals surface area (Å²) in [5.74, 6) is -1.78. The average molecular weight is 301 g/mol. The van der Waals surface area contributed by atoms with Crippen LogP contribution in [0.3, 0.4) is 0 Å². The number of carbonyl (C=O) groups excluding carboxylic acids is 2. The van der Waals surface area contributed by atoms with Gasteiger partial charge in [-0.15, -0.1) is 0 Å². The Morgan fingerprint density at radius 2 is 1.95 bits per heavy atom. The Morgan fingerprint density at radius 1 is 1.35 bits per heavy atom. The van der Waals surface area contributed by atoms with E-state index in [1.807, 2.05) is 0 Å². The molecule has 1 rings (SSSR count). The van der Waals surface area contributed by atoms with Crippen LogP contribution in [0, 0.1) is 0 Å². The number of allylic oxidation sites excluding steroid dienone is 1. The molecule has 0 radical (unpaired) electrons. The molecular formula is C14H16KNO4. The Hall–Kier alpha value is -0.664. The fourth-order valence-electron chi connectivity index (χ4n) is 1.55. The third-order valence-electron chi connectivity index (χ3n) is 2.36. The van der Waals surface area contributed by atoms with E-state index in [1.54, 1.807) is 44.2 Å². The van der Waals surface area contributed by atoms with Crippen molar-refractivity contribution in [2.75, 3.05) is 6.61 Å². The van der Waals surface area contributed by atoms with E-state index in [4.69, 9.17) is 4.74 Å². The van der Waals surface area contributed by atoms with Gasteiger partial charge in [-0.2, -0.15) is 0 Å². The molecule has 5 nitrogen and oxygen atoms in total. The maximum atomic E-state index is 11.2. The van der Waals surface area contributed by atoms with E-state index in [9.17, 15) is 14.7 Å². The maximum absolute atomic E-state index is 11.2. The monoisotopic (exact) mass is 301 g/mol. The van der Waals surface area contributed by atoms with Crippen molar-refractivity contribution in [1.29, 1.82) is 0 Å². The number of esters is 1. The quantitative estimate of drug-likeness (QED) is 0.358. The van der Waals surface area contributed by atoms with Gasteiger partial charge in [-0.25, -0.2) is 4.79 Å². The number of aliphatic carboxylic acids is 1. The first-order valence-electron chi connectivity index (χ1n) is 5.92. The summed E-state index contributed by atoms with van der Waals surface area (Å²) < 4.78 is 4.74. The summed E-state index contributed by atoms with van der Waals surface area (Å²) in [6.07, 6.45) is 1.21. The zero-order valence-corrected chi connectivity index (χ0v) is 15.0. The molecule has 0 saturated heterocycles. The Kier molecular flexibility index (Phi) is 9.78. The Labute approximate surface area is 160 Å². The number of ether oxygens (including phenoxy) is 1. The van der Waals surface area contributed by atoms with Crippen LogP contribution in [0.4, 0.5) is 0 Å². The first-order chi connectivity index (χ1) is 9.04. The van der Waals surface area contributed by atoms with Gasteiger partial charge in [-0.05, 0) is 19.4 Å². The van der Waals surface area contributed by atoms with Gasteiger partial charge >= 0.3 is 57.4 Å². The maximum Gasteiger partial charge on any atom is 1.00 e. The van der Waals surface area contributed by atoms with E-state index < -0.39 is 18.0 Å². The van der Waals surface area contributed by atoms with Crippen LogP contribution in [-0.4, -0.2) is 18.5 Å². The van der Waals surface area contributed by atoms with Crippen LogP contribution in [0.5, 0.6) is 0 Å². The second-order valence-corrected chi connectivity index (χ2v) is 3.89. The van der Waals surface area contributed by atoms with E-state index >= 15 is 0 Å². The van der Waals surface area contributed by atoms with Crippen LogP contribution in [0.2, 0.25) is 0 Å². The van der Waals surface area contributed by atoms with Gasteiger partial charge in [0.05, 0.1) is 18.6 Å². The number of rotatable bonds is 6. The van der Waals surface area contributed by atoms with Gasteiger partial charge < -0.3 is 20.0 Å². The summed E-state index contributed by atoms with van der Waals surface area (Å²) in [7, 11) is 0. The predicted octanol–water partition coefficient (Wildman–Crippen LogP) is -2.46. The molecule has 1 aromatic rings. The first-order valence-corrected chi connectivity index (χ1v) is 5.92. The molecule has 1 N–H and O–H groups in total. The normalized spacial score (nSPS) is 12.0. The standard InChI is InChI=1S/C14H17NO4.K/c1-3-19-12(16)9-10(2)15-13(14(17)18)11-7-5-4-6-8-11;/h4-9,13,15H,3H2,1-2H3,(H,17,18);/q;+1/p-1/b10-9+;. The number of benzene rings is 1. The second-order valence-electron chi connectivity index (χ2n) is 3.89. The molecule has 0 heterocycles. The summed E-state index contributed by atoms with van der Waals surface area (Å²) in [5, 5.41) is 13.9. The molecule has 1 unspecified atom stereocenters. The second kappa shape index (κ2) is 10.1. The molecule has 0 bridgehead atoms. The van der Waals surface area contributed by atoms with E-state index in [0.29, 0.717) is 11.3 Å². The van der Waals surface area contributed by atoms with Crippen LogP contribution in [0.15, 0.2) is 42.1 Å². The van der Waals surface area contributed by atoms with Gasteiger partial charge in [-0.1, -0.05) is 30.3 Å². The number of carbonyl (C=O) groups is 2. The molecule has 0 aliphatic rings. The largest absolute Gasteiger partial charge is 1.00 e. The van der Waals surface area contributed by atoms with Crippen molar-refractivity contribution in [3.8, 4) is 0 Å². The minimum absolute atomic E-state index is 0. The number of nitrogens with one attached hydrogen (secondary N) is 1. The summed E-state index contributed by atoms with van der Waals surface area (Å²) in [5.41, 5.74) is 0.954. The summed E-state index contributed by atoms with van der Waals surface area (Å²) in [6, 6.07) is 7.59. The van der Waals surface area contributed by atoms with Crippen molar-refractivity contribution in [2.45, 2.75) is 19.9 Å². The van der Waals surface area contributed by atoms with Gasteiger partial charge in [0, 0.05) is 11.8 Å². The first kappa shape index (κ1) is 19.3. The molecule has 0 amide bonds. The zero-order valence-electron chi connectivity index (χ0n) is 11.9. The fraction of sp³-hybridized carbons (Fsp3) is 0.286. The Balaban J connectivity index is 0.00000361. The molecule has 0 spiro atoms. The topological polar surface area (TPSA) is 78.5 Å². The molecule has 0 aliphatic carbocycles. The molecule has 0 aromatic heterocycles. The van der Waals surface area contributed by atoms with Crippen LogP contribution >= 0.6 is 0 Å². The summed E-state index contributed by atoms with van der Waals surface area (Å²) in [6.45, 7) is 3.56. The minimum Gasteiger partial charge on any atom is -0.548 e. The molecule has 1 aromatic carbocycles. The van der Waals surface area contributed by atoms with E-state index in [2.05, 4.69) is 5.32 Å². The SMILES string of the molecule is CCOC(=O)/C=C(\C)NC(C(=O)[O-])c1ccccc1.[K+]. The molecule has 6 heteroatoms. The van der Waals surface area contributed by atoms with Crippen molar-refractivity contribution < 1.29 is 70.8 Å². The van der Waals surface area contributed by atoms with Gasteiger partial charge in [0.1, 0.15) is 0 Å². The summed E-state index contributed by atoms with van der Waals surface area (Å²) in [4.78, 5) is 22.4. The van der Waals surface area contributed by atoms with Gasteiger partial charge in [0.2, 0.25) is 0 Å². The molecule has 0 aliphatic heterocycles. The number of carboxylic acid groups (broad SMARTS) is 1. The van der Waals surface area contributed by atoms with Crippen molar-refractivity contribution in [3.63, 3.8) is 0 Å². The van der Waals surface area contributed by atoms with Crippen LogP contribution < -0.4 is 61.8 Å². The molecule has 102 valence electrons. The third-order valence-corrected chi connectivity index (χ3v) is 2.36. The minimum atomic E-state index is -1.26. The molecule has 0 fully saturated rings. The average Bonchev–Trinajstić information content (AvgIpc) is 2.37. The van der Waals surface area contributed by atoms with E-state index in [0.717, 1.165) is 0 Å². The predicted molar refractivity (Wildman–Crippen MR) is 67.7 cm³/mol. The number of carboxylic acids is 1. The zero-order chi connectivity index (χ0) is 14.3. The van der Waals surface area contributed by atoms with E-state index in [-0.39, 0.29) is 58.0 Å². The molecule has 20 heavy (non-hydrogen) atoms. The van der Waals surface area contributed by atoms with Crippen LogP contribution in [0.25, 0.3) is 0 Å². The molecule has 0 saturated carbocycles. The number of hydrogen-bond donors (Lipinski definition) is 1. The van der Waals surface area contributed by atoms with Crippen LogP contribution in [-0.2, 0) is 14.3 Å².